The molecule has 0 atom stereocenters. The fraction of sp³-hybridized carbons (Fsp3) is 0.308. The van der Waals surface area contributed by atoms with E-state index in [0.29, 0.717) is 18.5 Å². The minimum Gasteiger partial charge on any atom is -0.434 e. The zero-order valence-corrected chi connectivity index (χ0v) is 10.2. The van der Waals surface area contributed by atoms with Gasteiger partial charge in [0.25, 0.3) is 0 Å². The molecule has 4 nitrogen and oxygen atoms in total. The smallest absolute Gasteiger partial charge is 0.387 e. The minimum absolute atomic E-state index is 0.00490. The highest BCUT2D eigenvalue weighted by Crippen LogP contribution is 2.21. The summed E-state index contributed by atoms with van der Waals surface area (Å²) < 4.78 is 28.6. The molecular weight excluding hydrogens is 256 g/mol. The summed E-state index contributed by atoms with van der Waals surface area (Å²) in [5.74, 6) is -0.350. The molecule has 6 heteroatoms. The van der Waals surface area contributed by atoms with Gasteiger partial charge >= 0.3 is 6.61 Å². The number of alkyl halides is 2. The molecular formula is C13H15F2NO3. The van der Waals surface area contributed by atoms with Gasteiger partial charge in [0, 0.05) is 24.8 Å². The normalized spacial score (nSPS) is 10.9. The van der Waals surface area contributed by atoms with Crippen LogP contribution in [-0.2, 0) is 4.79 Å². The second kappa shape index (κ2) is 8.20. The van der Waals surface area contributed by atoms with Gasteiger partial charge in [0.15, 0.2) is 0 Å². The number of hydrogen-bond donors (Lipinski definition) is 2. The zero-order valence-electron chi connectivity index (χ0n) is 10.2. The fourth-order valence-electron chi connectivity index (χ4n) is 1.34. The largest absolute Gasteiger partial charge is 0.434 e. The number of hydrogen-bond acceptors (Lipinski definition) is 3. The Morgan fingerprint density at radius 1 is 1.42 bits per heavy atom. The third kappa shape index (κ3) is 5.96. The molecule has 0 heterocycles. The Bertz CT molecular complexity index is 436. The number of rotatable bonds is 7. The van der Waals surface area contributed by atoms with E-state index in [1.54, 1.807) is 18.2 Å². The topological polar surface area (TPSA) is 58.6 Å². The highest BCUT2D eigenvalue weighted by atomic mass is 19.3. The molecule has 19 heavy (non-hydrogen) atoms. The molecule has 0 aliphatic heterocycles. The van der Waals surface area contributed by atoms with Crippen molar-refractivity contribution in [2.24, 2.45) is 0 Å². The molecule has 1 amide bonds. The maximum Gasteiger partial charge on any atom is 0.387 e. The number of nitrogens with one attached hydrogen (secondary N) is 1. The third-order valence-corrected chi connectivity index (χ3v) is 2.18. The van der Waals surface area contributed by atoms with Crippen molar-refractivity contribution in [1.82, 2.24) is 5.32 Å². The molecule has 0 saturated heterocycles. The minimum atomic E-state index is -2.91. The van der Waals surface area contributed by atoms with Gasteiger partial charge in [-0.25, -0.2) is 0 Å². The van der Waals surface area contributed by atoms with Crippen molar-refractivity contribution in [2.45, 2.75) is 13.0 Å². The molecule has 0 bridgehead atoms. The molecule has 0 aromatic heterocycles. The molecule has 0 aliphatic carbocycles. The lowest BCUT2D eigenvalue weighted by molar-refractivity contribution is -0.116. The SMILES string of the molecule is O=C(/C=C/c1ccccc1OC(F)F)NCCCO. The third-order valence-electron chi connectivity index (χ3n) is 2.18. The summed E-state index contributed by atoms with van der Waals surface area (Å²) in [5.41, 5.74) is 0.389. The number of para-hydroxylation sites is 1. The first-order valence-corrected chi connectivity index (χ1v) is 5.74. The predicted molar refractivity (Wildman–Crippen MR) is 66.8 cm³/mol. The lowest BCUT2D eigenvalue weighted by Gasteiger charge is -2.07. The number of aliphatic hydroxyl groups is 1. The van der Waals surface area contributed by atoms with E-state index in [1.165, 1.54) is 18.2 Å². The van der Waals surface area contributed by atoms with Crippen molar-refractivity contribution in [1.29, 1.82) is 0 Å². The summed E-state index contributed by atoms with van der Waals surface area (Å²) in [6.45, 7) is -2.56. The Balaban J connectivity index is 2.62. The summed E-state index contributed by atoms with van der Waals surface area (Å²) in [6, 6.07) is 6.18. The molecule has 0 fully saturated rings. The van der Waals surface area contributed by atoms with Gasteiger partial charge in [-0.2, -0.15) is 8.78 Å². The first-order valence-electron chi connectivity index (χ1n) is 5.74. The lowest BCUT2D eigenvalue weighted by atomic mass is 10.2. The number of ether oxygens (including phenoxy) is 1. The van der Waals surface area contributed by atoms with Crippen LogP contribution in [0.3, 0.4) is 0 Å². The quantitative estimate of drug-likeness (QED) is 0.587. The Morgan fingerprint density at radius 2 is 2.16 bits per heavy atom. The molecule has 1 rings (SSSR count). The zero-order chi connectivity index (χ0) is 14.1. The van der Waals surface area contributed by atoms with E-state index in [9.17, 15) is 13.6 Å². The van der Waals surface area contributed by atoms with Crippen molar-refractivity contribution in [3.8, 4) is 5.75 Å². The monoisotopic (exact) mass is 271 g/mol. The summed E-state index contributed by atoms with van der Waals surface area (Å²) in [7, 11) is 0. The van der Waals surface area contributed by atoms with E-state index >= 15 is 0 Å². The van der Waals surface area contributed by atoms with Crippen molar-refractivity contribution in [3.05, 3.63) is 35.9 Å². The van der Waals surface area contributed by atoms with Gasteiger partial charge in [-0.15, -0.1) is 0 Å². The van der Waals surface area contributed by atoms with Crippen LogP contribution in [-0.4, -0.2) is 30.8 Å². The highest BCUT2D eigenvalue weighted by molar-refractivity contribution is 5.92. The number of halogens is 2. The highest BCUT2D eigenvalue weighted by Gasteiger charge is 2.07. The molecule has 1 aromatic rings. The predicted octanol–water partition coefficient (Wildman–Crippen LogP) is 1.80. The van der Waals surface area contributed by atoms with Crippen molar-refractivity contribution in [3.63, 3.8) is 0 Å². The Labute approximate surface area is 109 Å². The summed E-state index contributed by atoms with van der Waals surface area (Å²) >= 11 is 0. The number of aliphatic hydroxyl groups excluding tert-OH is 1. The van der Waals surface area contributed by atoms with E-state index in [1.807, 2.05) is 0 Å². The summed E-state index contributed by atoms with van der Waals surface area (Å²) in [4.78, 5) is 11.4. The summed E-state index contributed by atoms with van der Waals surface area (Å²) in [5, 5.41) is 11.1. The molecule has 0 unspecified atom stereocenters. The van der Waals surface area contributed by atoms with Gasteiger partial charge in [-0.3, -0.25) is 4.79 Å². The second-order valence-electron chi connectivity index (χ2n) is 3.62. The van der Waals surface area contributed by atoms with Crippen LogP contribution in [0, 0.1) is 0 Å². The van der Waals surface area contributed by atoms with Gasteiger partial charge in [0.05, 0.1) is 0 Å². The molecule has 0 radical (unpaired) electrons. The van der Waals surface area contributed by atoms with E-state index < -0.39 is 6.61 Å². The number of carbonyl (C=O) groups excluding carboxylic acids is 1. The molecule has 104 valence electrons. The van der Waals surface area contributed by atoms with Crippen LogP contribution in [0.5, 0.6) is 5.75 Å². The molecule has 0 saturated carbocycles. The van der Waals surface area contributed by atoms with Gasteiger partial charge in [-0.05, 0) is 18.6 Å². The standard InChI is InChI=1S/C13H15F2NO3/c14-13(15)19-11-5-2-1-4-10(11)6-7-12(18)16-8-3-9-17/h1-2,4-7,13,17H,3,8-9H2,(H,16,18)/b7-6+. The first-order chi connectivity index (χ1) is 9.13. The van der Waals surface area contributed by atoms with E-state index in [-0.39, 0.29) is 18.3 Å². The van der Waals surface area contributed by atoms with Gasteiger partial charge in [0.2, 0.25) is 5.91 Å². The van der Waals surface area contributed by atoms with Crippen molar-refractivity contribution in [2.75, 3.05) is 13.2 Å². The number of carbonyl (C=O) groups is 1. The lowest BCUT2D eigenvalue weighted by Crippen LogP contribution is -2.22. The van der Waals surface area contributed by atoms with E-state index in [0.717, 1.165) is 0 Å². The summed E-state index contributed by atoms with van der Waals surface area (Å²) in [6.07, 6.45) is 3.09. The van der Waals surface area contributed by atoms with E-state index in [2.05, 4.69) is 10.1 Å². The number of amides is 1. The maximum atomic E-state index is 12.2. The first kappa shape index (κ1) is 15.1. The van der Waals surface area contributed by atoms with Gasteiger partial charge in [-0.1, -0.05) is 18.2 Å². The van der Waals surface area contributed by atoms with Crippen LogP contribution in [0.4, 0.5) is 8.78 Å². The van der Waals surface area contributed by atoms with E-state index in [4.69, 9.17) is 5.11 Å². The van der Waals surface area contributed by atoms with Crippen LogP contribution in [0.1, 0.15) is 12.0 Å². The van der Waals surface area contributed by atoms with Gasteiger partial charge < -0.3 is 15.2 Å². The molecule has 0 spiro atoms. The second-order valence-corrected chi connectivity index (χ2v) is 3.62. The maximum absolute atomic E-state index is 12.2. The molecule has 1 aromatic carbocycles. The van der Waals surface area contributed by atoms with Crippen LogP contribution in [0.25, 0.3) is 6.08 Å². The van der Waals surface area contributed by atoms with Gasteiger partial charge in [0.1, 0.15) is 5.75 Å². The average Bonchev–Trinajstić information content (AvgIpc) is 2.37. The Hall–Kier alpha value is -1.95. The molecule has 0 aliphatic rings. The Morgan fingerprint density at radius 3 is 2.84 bits per heavy atom. The molecule has 2 N–H and O–H groups in total. The van der Waals surface area contributed by atoms with Crippen LogP contribution < -0.4 is 10.1 Å². The average molecular weight is 271 g/mol. The van der Waals surface area contributed by atoms with Crippen LogP contribution >= 0.6 is 0 Å². The number of benzene rings is 1. The van der Waals surface area contributed by atoms with Crippen LogP contribution in [0.15, 0.2) is 30.3 Å². The van der Waals surface area contributed by atoms with Crippen molar-refractivity contribution >= 4 is 12.0 Å². The Kier molecular flexibility index (Phi) is 6.52. The van der Waals surface area contributed by atoms with Crippen LogP contribution in [0.2, 0.25) is 0 Å². The fourth-order valence-corrected chi connectivity index (χ4v) is 1.34. The van der Waals surface area contributed by atoms with Crippen molar-refractivity contribution < 1.29 is 23.4 Å².